The second-order valence-corrected chi connectivity index (χ2v) is 8.01. The maximum atomic E-state index is 13.8. The van der Waals surface area contributed by atoms with Gasteiger partial charge >= 0.3 is 6.03 Å². The summed E-state index contributed by atoms with van der Waals surface area (Å²) in [5, 5.41) is 7.50. The zero-order valence-electron chi connectivity index (χ0n) is 16.1. The molecule has 0 radical (unpaired) electrons. The number of anilines is 1. The Labute approximate surface area is 163 Å². The molecule has 1 N–H and O–H groups in total. The summed E-state index contributed by atoms with van der Waals surface area (Å²) in [6, 6.07) is 3.70. The van der Waals surface area contributed by atoms with Crippen LogP contribution < -0.4 is 5.32 Å². The number of nitrogens with one attached hydrogen (secondary N) is 1. The minimum absolute atomic E-state index is 0.0714. The summed E-state index contributed by atoms with van der Waals surface area (Å²) in [7, 11) is 1.87. The topological polar surface area (TPSA) is 50.2 Å². The zero-order valence-corrected chi connectivity index (χ0v) is 16.1. The molecule has 150 valence electrons. The Morgan fingerprint density at radius 2 is 1.96 bits per heavy atom. The summed E-state index contributed by atoms with van der Waals surface area (Å²) in [6.07, 6.45) is 7.41. The molecule has 2 heterocycles. The van der Waals surface area contributed by atoms with Crippen LogP contribution in [0.5, 0.6) is 0 Å². The second-order valence-electron chi connectivity index (χ2n) is 8.01. The van der Waals surface area contributed by atoms with Gasteiger partial charge in [0.25, 0.3) is 0 Å². The molecule has 2 aliphatic rings. The molecule has 5 nitrogen and oxygen atoms in total. The van der Waals surface area contributed by atoms with Crippen molar-refractivity contribution in [3.05, 3.63) is 47.3 Å². The molecule has 0 spiro atoms. The highest BCUT2D eigenvalue weighted by Gasteiger charge is 2.30. The highest BCUT2D eigenvalue weighted by Crippen LogP contribution is 2.42. The van der Waals surface area contributed by atoms with Crippen LogP contribution in [0.2, 0.25) is 0 Å². The fourth-order valence-corrected chi connectivity index (χ4v) is 3.96. The van der Waals surface area contributed by atoms with Crippen molar-refractivity contribution in [1.29, 1.82) is 0 Å². The number of amides is 2. The van der Waals surface area contributed by atoms with Gasteiger partial charge in [-0.1, -0.05) is 6.07 Å². The molecule has 7 heteroatoms. The number of hydrogen-bond donors (Lipinski definition) is 1. The molecule has 1 saturated carbocycles. The number of aryl methyl sites for hydroxylation is 2. The van der Waals surface area contributed by atoms with Crippen molar-refractivity contribution in [3.63, 3.8) is 0 Å². The van der Waals surface area contributed by atoms with E-state index in [4.69, 9.17) is 0 Å². The minimum atomic E-state index is -0.543. The lowest BCUT2D eigenvalue weighted by Gasteiger charge is -2.32. The number of benzene rings is 1. The molecule has 0 bridgehead atoms. The van der Waals surface area contributed by atoms with Crippen LogP contribution >= 0.6 is 0 Å². The summed E-state index contributed by atoms with van der Waals surface area (Å²) in [4.78, 5) is 14.5. The van der Waals surface area contributed by atoms with Crippen LogP contribution in [-0.4, -0.2) is 33.8 Å². The van der Waals surface area contributed by atoms with Crippen molar-refractivity contribution in [2.45, 2.75) is 44.4 Å². The molecule has 1 aromatic carbocycles. The van der Waals surface area contributed by atoms with Gasteiger partial charge in [-0.15, -0.1) is 0 Å². The van der Waals surface area contributed by atoms with Crippen molar-refractivity contribution < 1.29 is 13.6 Å². The monoisotopic (exact) mass is 388 g/mol. The maximum absolute atomic E-state index is 13.8. The molecule has 28 heavy (non-hydrogen) atoms. The molecular formula is C21H26F2N4O. The molecule has 1 aliphatic heterocycles. The Bertz CT molecular complexity index is 854. The lowest BCUT2D eigenvalue weighted by atomic mass is 9.90. The van der Waals surface area contributed by atoms with E-state index in [0.717, 1.165) is 49.6 Å². The van der Waals surface area contributed by atoms with E-state index < -0.39 is 11.6 Å². The molecule has 2 aromatic rings. The Balaban J connectivity index is 1.26. The van der Waals surface area contributed by atoms with Crippen molar-refractivity contribution in [2.24, 2.45) is 13.0 Å². The van der Waals surface area contributed by atoms with Crippen molar-refractivity contribution in [3.8, 4) is 0 Å². The largest absolute Gasteiger partial charge is 0.325 e. The standard InChI is InChI=1S/C21H26F2N4O/c1-26-13-19(20(25-26)16-4-5-16)24-21(28)27-10-8-14(9-11-27)2-3-15-6-7-17(22)12-18(15)23/h6-7,12-14,16H,2-5,8-11H2,1H3,(H,24,28). The highest BCUT2D eigenvalue weighted by atomic mass is 19.1. The van der Waals surface area contributed by atoms with Crippen molar-refractivity contribution in [1.82, 2.24) is 14.7 Å². The van der Waals surface area contributed by atoms with Gasteiger partial charge in [0.15, 0.2) is 0 Å². The van der Waals surface area contributed by atoms with E-state index in [1.807, 2.05) is 18.1 Å². The van der Waals surface area contributed by atoms with Crippen LogP contribution in [0.4, 0.5) is 19.3 Å². The van der Waals surface area contributed by atoms with E-state index >= 15 is 0 Å². The first-order chi connectivity index (χ1) is 13.5. The first-order valence-electron chi connectivity index (χ1n) is 10.0. The van der Waals surface area contributed by atoms with Gasteiger partial charge in [-0.2, -0.15) is 5.10 Å². The van der Waals surface area contributed by atoms with Crippen LogP contribution in [0, 0.1) is 17.6 Å². The number of urea groups is 1. The number of piperidine rings is 1. The van der Waals surface area contributed by atoms with Gasteiger partial charge in [0.05, 0.1) is 11.4 Å². The van der Waals surface area contributed by atoms with Crippen molar-refractivity contribution in [2.75, 3.05) is 18.4 Å². The third-order valence-electron chi connectivity index (χ3n) is 5.80. The van der Waals surface area contributed by atoms with Gasteiger partial charge in [-0.3, -0.25) is 4.68 Å². The van der Waals surface area contributed by atoms with Gasteiger partial charge in [-0.05, 0) is 56.1 Å². The zero-order chi connectivity index (χ0) is 19.7. The molecule has 1 aromatic heterocycles. The van der Waals surface area contributed by atoms with Gasteiger partial charge in [0.1, 0.15) is 11.6 Å². The van der Waals surface area contributed by atoms with Crippen LogP contribution in [0.1, 0.15) is 49.3 Å². The van der Waals surface area contributed by atoms with Crippen molar-refractivity contribution >= 4 is 11.7 Å². The minimum Gasteiger partial charge on any atom is -0.325 e. The van der Waals surface area contributed by atoms with Gasteiger partial charge < -0.3 is 10.2 Å². The molecule has 2 amide bonds. The molecular weight excluding hydrogens is 362 g/mol. The lowest BCUT2D eigenvalue weighted by molar-refractivity contribution is 0.180. The Kier molecular flexibility index (Phi) is 5.33. The molecule has 1 saturated heterocycles. The second kappa shape index (κ2) is 7.89. The lowest BCUT2D eigenvalue weighted by Crippen LogP contribution is -2.41. The average Bonchev–Trinajstić information content (AvgIpc) is 3.45. The number of likely N-dealkylation sites (tertiary alicyclic amines) is 1. The summed E-state index contributed by atoms with van der Waals surface area (Å²) < 4.78 is 28.5. The SMILES string of the molecule is Cn1cc(NC(=O)N2CCC(CCc3ccc(F)cc3F)CC2)c(C2CC2)n1. The van der Waals surface area contributed by atoms with Crippen LogP contribution in [0.25, 0.3) is 0 Å². The molecule has 0 atom stereocenters. The number of rotatable bonds is 5. The van der Waals surface area contributed by atoms with Crippen LogP contribution in [-0.2, 0) is 13.5 Å². The van der Waals surface area contributed by atoms with Gasteiger partial charge in [0.2, 0.25) is 0 Å². The van der Waals surface area contributed by atoms with E-state index in [2.05, 4.69) is 10.4 Å². The predicted molar refractivity (Wildman–Crippen MR) is 103 cm³/mol. The summed E-state index contributed by atoms with van der Waals surface area (Å²) >= 11 is 0. The van der Waals surface area contributed by atoms with E-state index in [9.17, 15) is 13.6 Å². The number of nitrogens with zero attached hydrogens (tertiary/aromatic N) is 3. The molecule has 4 rings (SSSR count). The number of hydrogen-bond acceptors (Lipinski definition) is 2. The normalized spacial score (nSPS) is 17.8. The fraction of sp³-hybridized carbons (Fsp3) is 0.524. The van der Waals surface area contributed by atoms with Gasteiger partial charge in [-0.25, -0.2) is 13.6 Å². The number of halogens is 2. The predicted octanol–water partition coefficient (Wildman–Crippen LogP) is 4.45. The summed E-state index contributed by atoms with van der Waals surface area (Å²) in [5.74, 6) is -0.0817. The molecule has 2 fully saturated rings. The first kappa shape index (κ1) is 18.9. The van der Waals surface area contributed by atoms with Gasteiger partial charge in [0, 0.05) is 38.3 Å². The Hall–Kier alpha value is -2.44. The average molecular weight is 388 g/mol. The maximum Gasteiger partial charge on any atom is 0.321 e. The number of carbonyl (C=O) groups is 1. The van der Waals surface area contributed by atoms with E-state index in [-0.39, 0.29) is 6.03 Å². The van der Waals surface area contributed by atoms with E-state index in [0.29, 0.717) is 36.9 Å². The highest BCUT2D eigenvalue weighted by molar-refractivity contribution is 5.90. The summed E-state index contributed by atoms with van der Waals surface area (Å²) in [6.45, 7) is 1.39. The third kappa shape index (κ3) is 4.34. The van der Waals surface area contributed by atoms with Crippen LogP contribution in [0.15, 0.2) is 24.4 Å². The third-order valence-corrected chi connectivity index (χ3v) is 5.80. The fourth-order valence-electron chi connectivity index (χ4n) is 3.96. The summed E-state index contributed by atoms with van der Waals surface area (Å²) in [5.41, 5.74) is 2.38. The van der Waals surface area contributed by atoms with Crippen LogP contribution in [0.3, 0.4) is 0 Å². The molecule has 0 unspecified atom stereocenters. The number of carbonyl (C=O) groups excluding carboxylic acids is 1. The first-order valence-corrected chi connectivity index (χ1v) is 10.0. The smallest absolute Gasteiger partial charge is 0.321 e. The van der Waals surface area contributed by atoms with E-state index in [1.165, 1.54) is 12.1 Å². The Morgan fingerprint density at radius 1 is 1.21 bits per heavy atom. The molecule has 1 aliphatic carbocycles. The Morgan fingerprint density at radius 3 is 2.64 bits per heavy atom. The number of aromatic nitrogens is 2. The quantitative estimate of drug-likeness (QED) is 0.823. The van der Waals surface area contributed by atoms with E-state index in [1.54, 1.807) is 4.68 Å².